The molecule has 0 heterocycles. The van der Waals surface area contributed by atoms with Gasteiger partial charge in [-0.05, 0) is 15.4 Å². The SMILES string of the molecule is CC(C)(C)[Si](OC[C@@H](O)C[C@H](O)C[C@@H](O)CO)(c1ccccc1)c1ccccc1. The van der Waals surface area contributed by atoms with Crippen LogP contribution < -0.4 is 10.4 Å². The molecule has 0 bridgehead atoms. The maximum Gasteiger partial charge on any atom is 0.261 e. The molecule has 0 radical (unpaired) electrons. The van der Waals surface area contributed by atoms with E-state index in [1.165, 1.54) is 0 Å². The first-order chi connectivity index (χ1) is 13.7. The summed E-state index contributed by atoms with van der Waals surface area (Å²) in [5.74, 6) is 0. The molecule has 0 saturated heterocycles. The zero-order valence-electron chi connectivity index (χ0n) is 17.5. The Labute approximate surface area is 174 Å². The number of aliphatic hydroxyl groups excluding tert-OH is 4. The molecular weight excluding hydrogens is 384 g/mol. The number of hydrogen-bond acceptors (Lipinski definition) is 5. The second-order valence-electron chi connectivity index (χ2n) is 8.59. The van der Waals surface area contributed by atoms with Crippen molar-refractivity contribution >= 4 is 18.7 Å². The molecule has 2 aromatic rings. The smallest absolute Gasteiger partial charge is 0.261 e. The predicted octanol–water partition coefficient (Wildman–Crippen LogP) is 1.42. The quantitative estimate of drug-likeness (QED) is 0.438. The minimum Gasteiger partial charge on any atom is -0.405 e. The Kier molecular flexibility index (Phi) is 8.57. The van der Waals surface area contributed by atoms with Crippen molar-refractivity contribution in [1.29, 1.82) is 0 Å². The van der Waals surface area contributed by atoms with Crippen LogP contribution >= 0.6 is 0 Å². The third kappa shape index (κ3) is 5.98. The Bertz CT molecular complexity index is 678. The molecule has 160 valence electrons. The summed E-state index contributed by atoms with van der Waals surface area (Å²) >= 11 is 0. The van der Waals surface area contributed by atoms with E-state index in [1.54, 1.807) is 0 Å². The van der Waals surface area contributed by atoms with Crippen molar-refractivity contribution in [3.05, 3.63) is 60.7 Å². The standard InChI is InChI=1S/C23H34O5Si/c1-23(2,3)29(21-10-6-4-7-11-21,22-12-8-5-9-13-22)28-17-20(27)15-18(25)14-19(26)16-24/h4-13,18-20,24-27H,14-17H2,1-3H3/t18-,19-,20+/m1/s1. The Morgan fingerprint density at radius 2 is 1.21 bits per heavy atom. The van der Waals surface area contributed by atoms with E-state index in [2.05, 4.69) is 45.0 Å². The van der Waals surface area contributed by atoms with E-state index in [0.29, 0.717) is 0 Å². The highest BCUT2D eigenvalue weighted by Crippen LogP contribution is 2.36. The summed E-state index contributed by atoms with van der Waals surface area (Å²) in [7, 11) is -2.73. The summed E-state index contributed by atoms with van der Waals surface area (Å²) in [6.07, 6.45) is -2.68. The van der Waals surface area contributed by atoms with Crippen LogP contribution in [-0.2, 0) is 4.43 Å². The summed E-state index contributed by atoms with van der Waals surface area (Å²) < 4.78 is 6.63. The Hall–Kier alpha value is -1.54. The summed E-state index contributed by atoms with van der Waals surface area (Å²) in [4.78, 5) is 0. The Morgan fingerprint density at radius 3 is 1.62 bits per heavy atom. The maximum absolute atomic E-state index is 10.5. The molecule has 0 aliphatic heterocycles. The average Bonchev–Trinajstić information content (AvgIpc) is 2.68. The van der Waals surface area contributed by atoms with Crippen LogP contribution in [-0.4, -0.2) is 60.3 Å². The lowest BCUT2D eigenvalue weighted by molar-refractivity contribution is 0.00712. The van der Waals surface area contributed by atoms with Crippen molar-refractivity contribution in [2.45, 2.75) is 57.0 Å². The topological polar surface area (TPSA) is 90.2 Å². The van der Waals surface area contributed by atoms with Crippen LogP contribution in [0.5, 0.6) is 0 Å². The van der Waals surface area contributed by atoms with E-state index in [-0.39, 0.29) is 24.5 Å². The van der Waals surface area contributed by atoms with E-state index >= 15 is 0 Å². The summed E-state index contributed by atoms with van der Waals surface area (Å²) in [6, 6.07) is 20.3. The van der Waals surface area contributed by atoms with E-state index in [1.807, 2.05) is 36.4 Å². The first-order valence-electron chi connectivity index (χ1n) is 10.1. The summed E-state index contributed by atoms with van der Waals surface area (Å²) in [6.45, 7) is 6.17. The zero-order chi connectivity index (χ0) is 21.5. The van der Waals surface area contributed by atoms with Crippen molar-refractivity contribution in [3.63, 3.8) is 0 Å². The van der Waals surface area contributed by atoms with Crippen LogP contribution in [0.4, 0.5) is 0 Å². The van der Waals surface area contributed by atoms with Crippen LogP contribution in [0.15, 0.2) is 60.7 Å². The Balaban J connectivity index is 2.29. The first-order valence-corrected chi connectivity index (χ1v) is 12.0. The zero-order valence-corrected chi connectivity index (χ0v) is 18.5. The minimum atomic E-state index is -2.73. The lowest BCUT2D eigenvalue weighted by atomic mass is 10.1. The van der Waals surface area contributed by atoms with Gasteiger partial charge in [0.05, 0.1) is 31.5 Å². The molecule has 6 heteroatoms. The van der Waals surface area contributed by atoms with Crippen molar-refractivity contribution in [1.82, 2.24) is 0 Å². The average molecular weight is 419 g/mol. The van der Waals surface area contributed by atoms with Gasteiger partial charge in [-0.2, -0.15) is 0 Å². The van der Waals surface area contributed by atoms with Gasteiger partial charge in [-0.15, -0.1) is 0 Å². The van der Waals surface area contributed by atoms with Crippen LogP contribution in [0.2, 0.25) is 5.04 Å². The maximum atomic E-state index is 10.5. The Morgan fingerprint density at radius 1 is 0.759 bits per heavy atom. The highest BCUT2D eigenvalue weighted by Gasteiger charge is 2.50. The van der Waals surface area contributed by atoms with Gasteiger partial charge in [0, 0.05) is 12.8 Å². The van der Waals surface area contributed by atoms with Gasteiger partial charge in [0.15, 0.2) is 0 Å². The van der Waals surface area contributed by atoms with E-state index in [9.17, 15) is 15.3 Å². The number of benzene rings is 2. The van der Waals surface area contributed by atoms with E-state index in [0.717, 1.165) is 10.4 Å². The van der Waals surface area contributed by atoms with E-state index in [4.69, 9.17) is 9.53 Å². The molecule has 0 aliphatic rings. The number of aliphatic hydroxyl groups is 4. The second kappa shape index (κ2) is 10.5. The van der Waals surface area contributed by atoms with Crippen molar-refractivity contribution in [2.24, 2.45) is 0 Å². The lowest BCUT2D eigenvalue weighted by Gasteiger charge is -2.43. The minimum absolute atomic E-state index is 0.0206. The molecule has 0 saturated carbocycles. The monoisotopic (exact) mass is 418 g/mol. The van der Waals surface area contributed by atoms with Crippen LogP contribution in [0.25, 0.3) is 0 Å². The third-order valence-electron chi connectivity index (χ3n) is 5.21. The van der Waals surface area contributed by atoms with Gasteiger partial charge in [0.1, 0.15) is 0 Å². The van der Waals surface area contributed by atoms with E-state index < -0.39 is 33.2 Å². The fourth-order valence-corrected chi connectivity index (χ4v) is 8.45. The molecule has 0 aliphatic carbocycles. The molecular formula is C23H34O5Si. The van der Waals surface area contributed by atoms with Crippen LogP contribution in [0.1, 0.15) is 33.6 Å². The fraction of sp³-hybridized carbons (Fsp3) is 0.478. The molecule has 0 unspecified atom stereocenters. The molecule has 0 aromatic heterocycles. The second-order valence-corrected chi connectivity index (χ2v) is 12.9. The predicted molar refractivity (Wildman–Crippen MR) is 118 cm³/mol. The van der Waals surface area contributed by atoms with Crippen LogP contribution in [0.3, 0.4) is 0 Å². The fourth-order valence-electron chi connectivity index (χ4n) is 3.85. The van der Waals surface area contributed by atoms with Gasteiger partial charge in [-0.1, -0.05) is 81.4 Å². The summed E-state index contributed by atoms with van der Waals surface area (Å²) in [5, 5.41) is 41.1. The highest BCUT2D eigenvalue weighted by atomic mass is 28.4. The van der Waals surface area contributed by atoms with Crippen LogP contribution in [0, 0.1) is 0 Å². The molecule has 4 N–H and O–H groups in total. The molecule has 2 rings (SSSR count). The number of rotatable bonds is 10. The van der Waals surface area contributed by atoms with Gasteiger partial charge >= 0.3 is 0 Å². The third-order valence-corrected chi connectivity index (χ3v) is 10.2. The lowest BCUT2D eigenvalue weighted by Crippen LogP contribution is -2.67. The highest BCUT2D eigenvalue weighted by molar-refractivity contribution is 6.99. The van der Waals surface area contributed by atoms with Crippen molar-refractivity contribution < 1.29 is 24.9 Å². The molecule has 5 nitrogen and oxygen atoms in total. The largest absolute Gasteiger partial charge is 0.405 e. The van der Waals surface area contributed by atoms with Gasteiger partial charge < -0.3 is 24.9 Å². The molecule has 2 aromatic carbocycles. The molecule has 3 atom stereocenters. The van der Waals surface area contributed by atoms with Gasteiger partial charge in [-0.25, -0.2) is 0 Å². The van der Waals surface area contributed by atoms with Gasteiger partial charge in [-0.3, -0.25) is 0 Å². The molecule has 29 heavy (non-hydrogen) atoms. The van der Waals surface area contributed by atoms with Gasteiger partial charge in [0.2, 0.25) is 0 Å². The number of hydrogen-bond donors (Lipinski definition) is 4. The molecule has 0 amide bonds. The molecule has 0 fully saturated rings. The van der Waals surface area contributed by atoms with Gasteiger partial charge in [0.25, 0.3) is 8.32 Å². The summed E-state index contributed by atoms with van der Waals surface area (Å²) in [5.41, 5.74) is 0. The van der Waals surface area contributed by atoms with Crippen molar-refractivity contribution in [3.8, 4) is 0 Å². The normalized spacial score (nSPS) is 15.7. The first kappa shape index (κ1) is 23.7. The molecule has 0 spiro atoms. The van der Waals surface area contributed by atoms with Crippen molar-refractivity contribution in [2.75, 3.05) is 13.2 Å².